The Morgan fingerprint density at radius 3 is 2.85 bits per heavy atom. The summed E-state index contributed by atoms with van der Waals surface area (Å²) in [7, 11) is 0. The Morgan fingerprint density at radius 2 is 2.15 bits per heavy atom. The average molecular weight is 380 g/mol. The standard InChI is InChI=1S/C19H26ClN3O3/c1-13-3-4-15(20)9-16(13)22-7-5-14(11-22)10-21-18(26)23-8-6-19(2,12-23)17(24)25/h3-4,9,14H,5-8,10-12H2,1-2H3,(H,21,26)(H,24,25). The lowest BCUT2D eigenvalue weighted by molar-refractivity contribution is -0.147. The van der Waals surface area contributed by atoms with Crippen LogP contribution in [0.4, 0.5) is 10.5 Å². The molecule has 2 aliphatic heterocycles. The first-order valence-electron chi connectivity index (χ1n) is 9.06. The molecule has 0 bridgehead atoms. The Kier molecular flexibility index (Phi) is 5.32. The number of amides is 2. The van der Waals surface area contributed by atoms with Gasteiger partial charge in [0.05, 0.1) is 5.41 Å². The Hall–Kier alpha value is -1.95. The summed E-state index contributed by atoms with van der Waals surface area (Å²) in [6.45, 7) is 6.98. The van der Waals surface area contributed by atoms with E-state index in [0.29, 0.717) is 25.4 Å². The zero-order valence-electron chi connectivity index (χ0n) is 15.3. The van der Waals surface area contributed by atoms with E-state index < -0.39 is 11.4 Å². The minimum Gasteiger partial charge on any atom is -0.481 e. The van der Waals surface area contributed by atoms with Gasteiger partial charge >= 0.3 is 12.0 Å². The lowest BCUT2D eigenvalue weighted by Gasteiger charge is -2.23. The quantitative estimate of drug-likeness (QED) is 0.843. The van der Waals surface area contributed by atoms with Gasteiger partial charge in [0.2, 0.25) is 0 Å². The number of likely N-dealkylation sites (tertiary alicyclic amines) is 1. The third-order valence-corrected chi connectivity index (χ3v) is 5.85. The molecule has 0 radical (unpaired) electrons. The van der Waals surface area contributed by atoms with Crippen molar-refractivity contribution in [3.63, 3.8) is 0 Å². The van der Waals surface area contributed by atoms with Crippen LogP contribution in [0.1, 0.15) is 25.3 Å². The second-order valence-electron chi connectivity index (χ2n) is 7.75. The number of halogens is 1. The van der Waals surface area contributed by atoms with Crippen LogP contribution in [0.15, 0.2) is 18.2 Å². The van der Waals surface area contributed by atoms with Crippen LogP contribution in [-0.2, 0) is 4.79 Å². The predicted molar refractivity (Wildman–Crippen MR) is 102 cm³/mol. The number of carboxylic acid groups (broad SMARTS) is 1. The zero-order chi connectivity index (χ0) is 18.9. The van der Waals surface area contributed by atoms with E-state index in [1.165, 1.54) is 5.56 Å². The third kappa shape index (κ3) is 3.90. The highest BCUT2D eigenvalue weighted by Crippen LogP contribution is 2.31. The Bertz CT molecular complexity index is 711. The maximum atomic E-state index is 12.4. The molecule has 2 atom stereocenters. The number of rotatable bonds is 4. The maximum Gasteiger partial charge on any atom is 0.317 e. The van der Waals surface area contributed by atoms with Crippen molar-refractivity contribution in [2.24, 2.45) is 11.3 Å². The number of anilines is 1. The highest BCUT2D eigenvalue weighted by atomic mass is 35.5. The highest BCUT2D eigenvalue weighted by Gasteiger charge is 2.42. The van der Waals surface area contributed by atoms with Gasteiger partial charge < -0.3 is 20.2 Å². The van der Waals surface area contributed by atoms with Gasteiger partial charge in [-0.3, -0.25) is 4.79 Å². The van der Waals surface area contributed by atoms with Gasteiger partial charge in [0.25, 0.3) is 0 Å². The van der Waals surface area contributed by atoms with Gasteiger partial charge in [0.1, 0.15) is 0 Å². The number of aliphatic carboxylic acids is 1. The summed E-state index contributed by atoms with van der Waals surface area (Å²) in [5, 5.41) is 13.0. The van der Waals surface area contributed by atoms with E-state index >= 15 is 0 Å². The van der Waals surface area contributed by atoms with Crippen LogP contribution in [0.3, 0.4) is 0 Å². The van der Waals surface area contributed by atoms with Crippen molar-refractivity contribution in [2.75, 3.05) is 37.6 Å². The fraction of sp³-hybridized carbons (Fsp3) is 0.579. The van der Waals surface area contributed by atoms with E-state index in [4.69, 9.17) is 11.6 Å². The molecular weight excluding hydrogens is 354 g/mol. The zero-order valence-corrected chi connectivity index (χ0v) is 16.1. The van der Waals surface area contributed by atoms with Gasteiger partial charge in [-0.25, -0.2) is 4.79 Å². The smallest absolute Gasteiger partial charge is 0.317 e. The number of hydrogen-bond donors (Lipinski definition) is 2. The van der Waals surface area contributed by atoms with Gasteiger partial charge in [-0.15, -0.1) is 0 Å². The number of carbonyl (C=O) groups excluding carboxylic acids is 1. The van der Waals surface area contributed by atoms with Crippen molar-refractivity contribution < 1.29 is 14.7 Å². The molecule has 26 heavy (non-hydrogen) atoms. The number of benzene rings is 1. The van der Waals surface area contributed by atoms with Gasteiger partial charge in [-0.2, -0.15) is 0 Å². The molecule has 6 nitrogen and oxygen atoms in total. The van der Waals surface area contributed by atoms with E-state index in [1.807, 2.05) is 18.2 Å². The number of hydrogen-bond acceptors (Lipinski definition) is 3. The summed E-state index contributed by atoms with van der Waals surface area (Å²) in [6, 6.07) is 5.76. The van der Waals surface area contributed by atoms with Crippen molar-refractivity contribution in [3.8, 4) is 0 Å². The number of carboxylic acids is 1. The molecule has 2 fully saturated rings. The Morgan fingerprint density at radius 1 is 1.38 bits per heavy atom. The van der Waals surface area contributed by atoms with Crippen LogP contribution in [0.2, 0.25) is 5.02 Å². The van der Waals surface area contributed by atoms with Crippen molar-refractivity contribution in [1.82, 2.24) is 10.2 Å². The van der Waals surface area contributed by atoms with Gasteiger partial charge in [0, 0.05) is 43.4 Å². The molecule has 1 aromatic rings. The molecule has 0 spiro atoms. The predicted octanol–water partition coefficient (Wildman–Crippen LogP) is 2.98. The molecular formula is C19H26ClN3O3. The summed E-state index contributed by atoms with van der Waals surface area (Å²) >= 11 is 6.12. The molecule has 1 aromatic carbocycles. The molecule has 0 aromatic heterocycles. The number of urea groups is 1. The van der Waals surface area contributed by atoms with E-state index in [0.717, 1.165) is 30.2 Å². The van der Waals surface area contributed by atoms with E-state index in [1.54, 1.807) is 11.8 Å². The first-order valence-corrected chi connectivity index (χ1v) is 9.43. The molecule has 2 saturated heterocycles. The summed E-state index contributed by atoms with van der Waals surface area (Å²) < 4.78 is 0. The minimum absolute atomic E-state index is 0.160. The fourth-order valence-electron chi connectivity index (χ4n) is 3.79. The first kappa shape index (κ1) is 18.8. The van der Waals surface area contributed by atoms with Crippen LogP contribution >= 0.6 is 11.6 Å². The van der Waals surface area contributed by atoms with E-state index in [9.17, 15) is 14.7 Å². The maximum absolute atomic E-state index is 12.4. The highest BCUT2D eigenvalue weighted by molar-refractivity contribution is 6.30. The number of aryl methyl sites for hydroxylation is 1. The molecule has 7 heteroatoms. The van der Waals surface area contributed by atoms with Crippen LogP contribution in [-0.4, -0.2) is 54.7 Å². The average Bonchev–Trinajstić information content (AvgIpc) is 3.22. The second kappa shape index (κ2) is 7.35. The topological polar surface area (TPSA) is 72.9 Å². The molecule has 2 amide bonds. The largest absolute Gasteiger partial charge is 0.481 e. The van der Waals surface area contributed by atoms with Crippen LogP contribution in [0, 0.1) is 18.3 Å². The number of nitrogens with one attached hydrogen (secondary N) is 1. The SMILES string of the molecule is Cc1ccc(Cl)cc1N1CCC(CNC(=O)N2CCC(C)(C(=O)O)C2)C1. The summed E-state index contributed by atoms with van der Waals surface area (Å²) in [6.07, 6.45) is 1.51. The third-order valence-electron chi connectivity index (χ3n) is 5.62. The molecule has 2 unspecified atom stereocenters. The molecule has 0 saturated carbocycles. The van der Waals surface area contributed by atoms with Crippen LogP contribution in [0.25, 0.3) is 0 Å². The lowest BCUT2D eigenvalue weighted by Crippen LogP contribution is -2.42. The molecule has 2 aliphatic rings. The van der Waals surface area contributed by atoms with Gasteiger partial charge in [-0.05, 0) is 50.3 Å². The minimum atomic E-state index is -0.837. The monoisotopic (exact) mass is 379 g/mol. The van der Waals surface area contributed by atoms with Crippen LogP contribution < -0.4 is 10.2 Å². The van der Waals surface area contributed by atoms with Gasteiger partial charge in [-0.1, -0.05) is 17.7 Å². The molecule has 2 heterocycles. The molecule has 0 aliphatic carbocycles. The van der Waals surface area contributed by atoms with E-state index in [-0.39, 0.29) is 12.6 Å². The Labute approximate surface area is 159 Å². The molecule has 142 valence electrons. The number of carbonyl (C=O) groups is 2. The molecule has 3 rings (SSSR count). The molecule has 2 N–H and O–H groups in total. The second-order valence-corrected chi connectivity index (χ2v) is 8.19. The lowest BCUT2D eigenvalue weighted by atomic mass is 9.90. The van der Waals surface area contributed by atoms with E-state index in [2.05, 4.69) is 17.1 Å². The number of nitrogens with zero attached hydrogens (tertiary/aromatic N) is 2. The first-order chi connectivity index (χ1) is 12.3. The van der Waals surface area contributed by atoms with Crippen molar-refractivity contribution in [3.05, 3.63) is 28.8 Å². The van der Waals surface area contributed by atoms with Crippen molar-refractivity contribution in [2.45, 2.75) is 26.7 Å². The van der Waals surface area contributed by atoms with Crippen LogP contribution in [0.5, 0.6) is 0 Å². The van der Waals surface area contributed by atoms with Gasteiger partial charge in [0.15, 0.2) is 0 Å². The summed E-state index contributed by atoms with van der Waals surface area (Å²) in [5.41, 5.74) is 1.53. The summed E-state index contributed by atoms with van der Waals surface area (Å²) in [5.74, 6) is -0.457. The van der Waals surface area contributed by atoms with Crippen molar-refractivity contribution >= 4 is 29.3 Å². The normalized spacial score (nSPS) is 25.6. The Balaban J connectivity index is 1.50. The summed E-state index contributed by atoms with van der Waals surface area (Å²) in [4.78, 5) is 27.6. The van der Waals surface area contributed by atoms with Crippen molar-refractivity contribution in [1.29, 1.82) is 0 Å². The fourth-order valence-corrected chi connectivity index (χ4v) is 3.96.